The number of hydrogen-bond donors (Lipinski definition) is 3. The van der Waals surface area contributed by atoms with Crippen molar-refractivity contribution in [3.63, 3.8) is 0 Å². The summed E-state index contributed by atoms with van der Waals surface area (Å²) in [7, 11) is 0. The van der Waals surface area contributed by atoms with Crippen molar-refractivity contribution in [3.05, 3.63) is 23.8 Å². The molecule has 0 bridgehead atoms. The standard InChI is InChI=1S/C16H20N2O3/c1-16-7-3-2-4-12(16)14(16)15(21)18-17-9-10-5-6-11(19)8-13(10)20/h5-6,8-9,12,14,19-20H,2-4,7H2,1H3,(H,18,21)/b17-9-/t12-,14+,16+/m1/s1. The van der Waals surface area contributed by atoms with Gasteiger partial charge in [-0.05, 0) is 36.3 Å². The summed E-state index contributed by atoms with van der Waals surface area (Å²) < 4.78 is 0. The van der Waals surface area contributed by atoms with Gasteiger partial charge in [0.15, 0.2) is 0 Å². The van der Waals surface area contributed by atoms with Crippen molar-refractivity contribution >= 4 is 12.1 Å². The number of phenols is 2. The molecule has 1 aromatic carbocycles. The normalized spacial score (nSPS) is 30.9. The van der Waals surface area contributed by atoms with Gasteiger partial charge in [0.05, 0.1) is 6.21 Å². The number of rotatable bonds is 3. The number of phenolic OH excluding ortho intramolecular Hbond substituents is 2. The molecule has 0 saturated heterocycles. The summed E-state index contributed by atoms with van der Waals surface area (Å²) in [5.41, 5.74) is 3.19. The largest absolute Gasteiger partial charge is 0.508 e. The molecular weight excluding hydrogens is 268 g/mol. The minimum Gasteiger partial charge on any atom is -0.508 e. The molecular formula is C16H20N2O3. The number of benzene rings is 1. The van der Waals surface area contributed by atoms with E-state index in [0.717, 1.165) is 12.8 Å². The zero-order valence-corrected chi connectivity index (χ0v) is 12.0. The first kappa shape index (κ1) is 13.9. The predicted octanol–water partition coefficient (Wildman–Crippen LogP) is 2.37. The van der Waals surface area contributed by atoms with Crippen molar-refractivity contribution < 1.29 is 15.0 Å². The second-order valence-electron chi connectivity index (χ2n) is 6.31. The summed E-state index contributed by atoms with van der Waals surface area (Å²) in [5, 5.41) is 22.7. The van der Waals surface area contributed by atoms with Gasteiger partial charge in [-0.2, -0.15) is 5.10 Å². The number of nitrogens with zero attached hydrogens (tertiary/aromatic N) is 1. The van der Waals surface area contributed by atoms with Crippen LogP contribution in [-0.2, 0) is 4.79 Å². The van der Waals surface area contributed by atoms with Crippen LogP contribution in [0.15, 0.2) is 23.3 Å². The number of amides is 1. The summed E-state index contributed by atoms with van der Waals surface area (Å²) in [6.07, 6.45) is 6.08. The lowest BCUT2D eigenvalue weighted by molar-refractivity contribution is -0.123. The maximum atomic E-state index is 12.2. The Morgan fingerprint density at radius 3 is 2.90 bits per heavy atom. The van der Waals surface area contributed by atoms with E-state index in [0.29, 0.717) is 11.5 Å². The molecule has 1 aromatic rings. The second kappa shape index (κ2) is 5.06. The molecule has 2 saturated carbocycles. The highest BCUT2D eigenvalue weighted by molar-refractivity contribution is 5.87. The molecule has 112 valence electrons. The number of carbonyl (C=O) groups is 1. The molecule has 21 heavy (non-hydrogen) atoms. The number of hydrazone groups is 1. The molecule has 0 heterocycles. The molecule has 1 amide bonds. The third-order valence-electron chi connectivity index (χ3n) is 5.01. The fraction of sp³-hybridized carbons (Fsp3) is 0.500. The predicted molar refractivity (Wildman–Crippen MR) is 79.1 cm³/mol. The van der Waals surface area contributed by atoms with Crippen molar-refractivity contribution in [2.45, 2.75) is 32.6 Å². The monoisotopic (exact) mass is 288 g/mol. The van der Waals surface area contributed by atoms with E-state index in [1.165, 1.54) is 31.2 Å². The molecule has 0 aromatic heterocycles. The van der Waals surface area contributed by atoms with Gasteiger partial charge >= 0.3 is 0 Å². The Labute approximate surface area is 123 Å². The van der Waals surface area contributed by atoms with E-state index in [4.69, 9.17) is 0 Å². The van der Waals surface area contributed by atoms with Gasteiger partial charge < -0.3 is 10.2 Å². The molecule has 3 rings (SSSR count). The van der Waals surface area contributed by atoms with Crippen molar-refractivity contribution in [2.75, 3.05) is 0 Å². The lowest BCUT2D eigenvalue weighted by Gasteiger charge is -2.15. The highest BCUT2D eigenvalue weighted by Crippen LogP contribution is 2.66. The number of fused-ring (bicyclic) bond motifs is 1. The van der Waals surface area contributed by atoms with Gasteiger partial charge in [-0.1, -0.05) is 19.8 Å². The van der Waals surface area contributed by atoms with E-state index in [2.05, 4.69) is 17.5 Å². The van der Waals surface area contributed by atoms with Gasteiger partial charge in [-0.15, -0.1) is 0 Å². The average molecular weight is 288 g/mol. The number of aromatic hydroxyl groups is 2. The Bertz CT molecular complexity index is 599. The summed E-state index contributed by atoms with van der Waals surface area (Å²) in [6, 6.07) is 4.23. The van der Waals surface area contributed by atoms with Crippen LogP contribution in [0.3, 0.4) is 0 Å². The third-order valence-corrected chi connectivity index (χ3v) is 5.01. The van der Waals surface area contributed by atoms with E-state index in [1.54, 1.807) is 6.07 Å². The van der Waals surface area contributed by atoms with Crippen LogP contribution in [-0.4, -0.2) is 22.3 Å². The van der Waals surface area contributed by atoms with E-state index >= 15 is 0 Å². The molecule has 2 aliphatic rings. The average Bonchev–Trinajstić information content (AvgIpc) is 3.07. The van der Waals surface area contributed by atoms with Crippen LogP contribution in [0, 0.1) is 17.3 Å². The van der Waals surface area contributed by atoms with Gasteiger partial charge in [0, 0.05) is 17.5 Å². The summed E-state index contributed by atoms with van der Waals surface area (Å²) >= 11 is 0. The Morgan fingerprint density at radius 1 is 1.43 bits per heavy atom. The lowest BCUT2D eigenvalue weighted by Crippen LogP contribution is -2.22. The smallest absolute Gasteiger partial charge is 0.244 e. The van der Waals surface area contributed by atoms with E-state index in [1.807, 2.05) is 0 Å². The molecule has 3 atom stereocenters. The van der Waals surface area contributed by atoms with Crippen LogP contribution in [0.25, 0.3) is 0 Å². The summed E-state index contributed by atoms with van der Waals surface area (Å²) in [5.74, 6) is 0.469. The second-order valence-corrected chi connectivity index (χ2v) is 6.31. The van der Waals surface area contributed by atoms with Crippen LogP contribution in [0.4, 0.5) is 0 Å². The molecule has 0 aliphatic heterocycles. The fourth-order valence-corrected chi connectivity index (χ4v) is 3.73. The number of hydrogen-bond acceptors (Lipinski definition) is 4. The molecule has 5 nitrogen and oxygen atoms in total. The van der Waals surface area contributed by atoms with E-state index < -0.39 is 0 Å². The molecule has 3 N–H and O–H groups in total. The van der Waals surface area contributed by atoms with Crippen LogP contribution < -0.4 is 5.43 Å². The topological polar surface area (TPSA) is 81.9 Å². The Hall–Kier alpha value is -2.04. The molecule has 2 fully saturated rings. The van der Waals surface area contributed by atoms with Gasteiger partial charge in [0.25, 0.3) is 0 Å². The third kappa shape index (κ3) is 2.48. The van der Waals surface area contributed by atoms with Gasteiger partial charge in [0.2, 0.25) is 5.91 Å². The Morgan fingerprint density at radius 2 is 2.24 bits per heavy atom. The Kier molecular flexibility index (Phi) is 3.35. The van der Waals surface area contributed by atoms with Gasteiger partial charge in [0.1, 0.15) is 11.5 Å². The number of carbonyl (C=O) groups excluding carboxylic acids is 1. The zero-order valence-electron chi connectivity index (χ0n) is 12.0. The highest BCUT2D eigenvalue weighted by atomic mass is 16.3. The minimum atomic E-state index is -0.0694. The number of nitrogens with one attached hydrogen (secondary N) is 1. The maximum absolute atomic E-state index is 12.2. The Balaban J connectivity index is 1.60. The minimum absolute atomic E-state index is 0.0105. The lowest BCUT2D eigenvalue weighted by atomic mass is 9.90. The fourth-order valence-electron chi connectivity index (χ4n) is 3.73. The first-order chi connectivity index (χ1) is 10.0. The molecule has 0 radical (unpaired) electrons. The SMILES string of the molecule is C[C@]12CCCC[C@@H]1[C@H]2C(=O)N/N=C\c1ccc(O)cc1O. The van der Waals surface area contributed by atoms with Gasteiger partial charge in [-0.3, -0.25) is 4.79 Å². The van der Waals surface area contributed by atoms with Crippen LogP contribution in [0.1, 0.15) is 38.2 Å². The molecule has 2 aliphatic carbocycles. The van der Waals surface area contributed by atoms with Crippen LogP contribution in [0.2, 0.25) is 0 Å². The van der Waals surface area contributed by atoms with Crippen molar-refractivity contribution in [2.24, 2.45) is 22.4 Å². The van der Waals surface area contributed by atoms with Crippen LogP contribution >= 0.6 is 0 Å². The van der Waals surface area contributed by atoms with Gasteiger partial charge in [-0.25, -0.2) is 5.43 Å². The highest BCUT2D eigenvalue weighted by Gasteiger charge is 2.64. The quantitative estimate of drug-likeness (QED) is 0.590. The van der Waals surface area contributed by atoms with Crippen molar-refractivity contribution in [3.8, 4) is 11.5 Å². The molecule has 5 heteroatoms. The van der Waals surface area contributed by atoms with Crippen molar-refractivity contribution in [1.29, 1.82) is 0 Å². The first-order valence-electron chi connectivity index (χ1n) is 7.37. The maximum Gasteiger partial charge on any atom is 0.244 e. The summed E-state index contributed by atoms with van der Waals surface area (Å²) in [6.45, 7) is 2.19. The summed E-state index contributed by atoms with van der Waals surface area (Å²) in [4.78, 5) is 12.2. The first-order valence-corrected chi connectivity index (χ1v) is 7.37. The molecule has 0 spiro atoms. The van der Waals surface area contributed by atoms with Crippen LogP contribution in [0.5, 0.6) is 11.5 Å². The van der Waals surface area contributed by atoms with E-state index in [9.17, 15) is 15.0 Å². The zero-order chi connectivity index (χ0) is 15.0. The van der Waals surface area contributed by atoms with E-state index in [-0.39, 0.29) is 28.7 Å². The van der Waals surface area contributed by atoms with Crippen molar-refractivity contribution in [1.82, 2.24) is 5.43 Å². The molecule has 0 unspecified atom stereocenters.